The number of aromatic carboxylic acids is 1. The number of anilines is 2. The Kier molecular flexibility index (Phi) is 4.31. The van der Waals surface area contributed by atoms with Crippen molar-refractivity contribution >= 4 is 17.5 Å². The molecule has 1 unspecified atom stereocenters. The zero-order chi connectivity index (χ0) is 13.0. The van der Waals surface area contributed by atoms with E-state index in [-0.39, 0.29) is 5.56 Å². The lowest BCUT2D eigenvalue weighted by molar-refractivity contribution is 0.0697. The first kappa shape index (κ1) is 13.3. The second-order valence-electron chi connectivity index (χ2n) is 4.34. The summed E-state index contributed by atoms with van der Waals surface area (Å²) in [6.45, 7) is 5.00. The molecule has 0 amide bonds. The summed E-state index contributed by atoms with van der Waals surface area (Å²) in [6.07, 6.45) is 2.52. The summed E-state index contributed by atoms with van der Waals surface area (Å²) in [6, 6.07) is 1.44. The quantitative estimate of drug-likeness (QED) is 0.817. The van der Waals surface area contributed by atoms with E-state index in [1.807, 2.05) is 11.9 Å². The van der Waals surface area contributed by atoms with Crippen molar-refractivity contribution in [2.45, 2.75) is 20.3 Å². The predicted molar refractivity (Wildman–Crippen MR) is 68.3 cm³/mol. The number of nitrogens with two attached hydrogens (primary N) is 1. The third-order valence-corrected chi connectivity index (χ3v) is 2.76. The van der Waals surface area contributed by atoms with E-state index in [0.29, 0.717) is 17.4 Å². The van der Waals surface area contributed by atoms with Gasteiger partial charge in [0.2, 0.25) is 0 Å². The van der Waals surface area contributed by atoms with Gasteiger partial charge in [-0.05, 0) is 12.0 Å². The van der Waals surface area contributed by atoms with Gasteiger partial charge in [0.15, 0.2) is 0 Å². The molecule has 1 aromatic rings. The standard InChI is InChI=1S/C12H19N3O2/c1-4-8(2)7-15(3)11-10(12(16)17)5-9(13)6-14-11/h5-6,8H,4,7,13H2,1-3H3,(H,16,17). The number of aromatic nitrogens is 1. The maximum atomic E-state index is 11.1. The Morgan fingerprint density at radius 2 is 2.29 bits per heavy atom. The smallest absolute Gasteiger partial charge is 0.339 e. The molecule has 0 spiro atoms. The molecule has 1 atom stereocenters. The molecular weight excluding hydrogens is 218 g/mol. The van der Waals surface area contributed by atoms with E-state index in [0.717, 1.165) is 13.0 Å². The van der Waals surface area contributed by atoms with Crippen molar-refractivity contribution in [1.29, 1.82) is 0 Å². The Morgan fingerprint density at radius 1 is 1.65 bits per heavy atom. The highest BCUT2D eigenvalue weighted by atomic mass is 16.4. The average molecular weight is 237 g/mol. The number of rotatable bonds is 5. The fourth-order valence-corrected chi connectivity index (χ4v) is 1.62. The van der Waals surface area contributed by atoms with Crippen molar-refractivity contribution in [1.82, 2.24) is 4.98 Å². The first-order valence-electron chi connectivity index (χ1n) is 5.65. The molecule has 0 radical (unpaired) electrons. The number of carboxylic acid groups (broad SMARTS) is 1. The van der Waals surface area contributed by atoms with Crippen LogP contribution in [0.4, 0.5) is 11.5 Å². The highest BCUT2D eigenvalue weighted by molar-refractivity contribution is 5.94. The highest BCUT2D eigenvalue weighted by Gasteiger charge is 2.16. The normalized spacial score (nSPS) is 12.2. The molecule has 1 rings (SSSR count). The molecular formula is C12H19N3O2. The Labute approximate surface area is 101 Å². The van der Waals surface area contributed by atoms with Gasteiger partial charge < -0.3 is 15.7 Å². The van der Waals surface area contributed by atoms with Crippen LogP contribution >= 0.6 is 0 Å². The minimum atomic E-state index is -1.00. The number of carbonyl (C=O) groups is 1. The second-order valence-corrected chi connectivity index (χ2v) is 4.34. The fourth-order valence-electron chi connectivity index (χ4n) is 1.62. The maximum Gasteiger partial charge on any atom is 0.339 e. The molecule has 94 valence electrons. The number of nitrogen functional groups attached to an aromatic ring is 1. The molecule has 3 N–H and O–H groups in total. The van der Waals surface area contributed by atoms with Crippen LogP contribution in [-0.2, 0) is 0 Å². The van der Waals surface area contributed by atoms with Crippen molar-refractivity contribution in [3.8, 4) is 0 Å². The van der Waals surface area contributed by atoms with E-state index in [4.69, 9.17) is 10.8 Å². The van der Waals surface area contributed by atoms with E-state index >= 15 is 0 Å². The number of hydrogen-bond donors (Lipinski definition) is 2. The van der Waals surface area contributed by atoms with Crippen LogP contribution in [0.3, 0.4) is 0 Å². The van der Waals surface area contributed by atoms with Crippen molar-refractivity contribution in [3.63, 3.8) is 0 Å². The average Bonchev–Trinajstić information content (AvgIpc) is 2.28. The van der Waals surface area contributed by atoms with Gasteiger partial charge in [-0.2, -0.15) is 0 Å². The lowest BCUT2D eigenvalue weighted by Crippen LogP contribution is -2.26. The molecule has 0 aliphatic rings. The molecule has 0 aromatic carbocycles. The summed E-state index contributed by atoms with van der Waals surface area (Å²) >= 11 is 0. The van der Waals surface area contributed by atoms with Gasteiger partial charge in [-0.25, -0.2) is 9.78 Å². The van der Waals surface area contributed by atoms with Gasteiger partial charge >= 0.3 is 5.97 Å². The molecule has 0 fully saturated rings. The third-order valence-electron chi connectivity index (χ3n) is 2.76. The molecule has 1 aromatic heterocycles. The molecule has 0 saturated carbocycles. The molecule has 0 bridgehead atoms. The van der Waals surface area contributed by atoms with E-state index in [1.165, 1.54) is 12.3 Å². The van der Waals surface area contributed by atoms with Crippen LogP contribution in [0.25, 0.3) is 0 Å². The van der Waals surface area contributed by atoms with Crippen LogP contribution in [0.1, 0.15) is 30.6 Å². The molecule has 17 heavy (non-hydrogen) atoms. The molecule has 1 heterocycles. The SMILES string of the molecule is CCC(C)CN(C)c1ncc(N)cc1C(=O)O. The zero-order valence-corrected chi connectivity index (χ0v) is 10.5. The topological polar surface area (TPSA) is 79.5 Å². The van der Waals surface area contributed by atoms with Gasteiger partial charge in [-0.1, -0.05) is 20.3 Å². The number of hydrogen-bond acceptors (Lipinski definition) is 4. The van der Waals surface area contributed by atoms with Gasteiger partial charge in [0.25, 0.3) is 0 Å². The zero-order valence-electron chi connectivity index (χ0n) is 10.5. The van der Waals surface area contributed by atoms with Crippen LogP contribution in [0, 0.1) is 5.92 Å². The van der Waals surface area contributed by atoms with Crippen LogP contribution in [0.15, 0.2) is 12.3 Å². The second kappa shape index (κ2) is 5.52. The third kappa shape index (κ3) is 3.34. The van der Waals surface area contributed by atoms with E-state index in [9.17, 15) is 4.79 Å². The fraction of sp³-hybridized carbons (Fsp3) is 0.500. The minimum Gasteiger partial charge on any atom is -0.478 e. The van der Waals surface area contributed by atoms with Gasteiger partial charge in [-0.3, -0.25) is 0 Å². The number of nitrogens with zero attached hydrogens (tertiary/aromatic N) is 2. The van der Waals surface area contributed by atoms with Gasteiger partial charge in [0, 0.05) is 13.6 Å². The first-order chi connectivity index (χ1) is 7.95. The van der Waals surface area contributed by atoms with Crippen LogP contribution < -0.4 is 10.6 Å². The Hall–Kier alpha value is -1.78. The summed E-state index contributed by atoms with van der Waals surface area (Å²) in [5.74, 6) is -0.0520. The number of carboxylic acids is 1. The summed E-state index contributed by atoms with van der Waals surface area (Å²) in [5, 5.41) is 9.11. The van der Waals surface area contributed by atoms with Gasteiger partial charge in [0.1, 0.15) is 11.4 Å². The Bertz CT molecular complexity index is 407. The lowest BCUT2D eigenvalue weighted by atomic mass is 10.1. The molecule has 0 saturated heterocycles. The van der Waals surface area contributed by atoms with Crippen LogP contribution in [0.5, 0.6) is 0 Å². The first-order valence-corrected chi connectivity index (χ1v) is 5.65. The highest BCUT2D eigenvalue weighted by Crippen LogP contribution is 2.20. The molecule has 0 aliphatic heterocycles. The number of pyridine rings is 1. The molecule has 5 nitrogen and oxygen atoms in total. The van der Waals surface area contributed by atoms with Crippen LogP contribution in [-0.4, -0.2) is 29.7 Å². The van der Waals surface area contributed by atoms with Crippen molar-refractivity contribution < 1.29 is 9.90 Å². The Morgan fingerprint density at radius 3 is 2.82 bits per heavy atom. The van der Waals surface area contributed by atoms with Crippen molar-refractivity contribution in [2.75, 3.05) is 24.2 Å². The maximum absolute atomic E-state index is 11.1. The van der Waals surface area contributed by atoms with E-state index in [2.05, 4.69) is 18.8 Å². The van der Waals surface area contributed by atoms with Crippen LogP contribution in [0.2, 0.25) is 0 Å². The monoisotopic (exact) mass is 237 g/mol. The van der Waals surface area contributed by atoms with E-state index in [1.54, 1.807) is 0 Å². The van der Waals surface area contributed by atoms with Crippen molar-refractivity contribution in [3.05, 3.63) is 17.8 Å². The van der Waals surface area contributed by atoms with Gasteiger partial charge in [-0.15, -0.1) is 0 Å². The summed E-state index contributed by atoms with van der Waals surface area (Å²) in [7, 11) is 1.84. The van der Waals surface area contributed by atoms with E-state index < -0.39 is 5.97 Å². The summed E-state index contributed by atoms with van der Waals surface area (Å²) in [4.78, 5) is 17.1. The summed E-state index contributed by atoms with van der Waals surface area (Å²) in [5.41, 5.74) is 6.06. The lowest BCUT2D eigenvalue weighted by Gasteiger charge is -2.23. The minimum absolute atomic E-state index is 0.149. The molecule has 0 aliphatic carbocycles. The Balaban J connectivity index is 3.00. The molecule has 5 heteroatoms. The summed E-state index contributed by atoms with van der Waals surface area (Å²) < 4.78 is 0. The van der Waals surface area contributed by atoms with Crippen molar-refractivity contribution in [2.24, 2.45) is 5.92 Å². The largest absolute Gasteiger partial charge is 0.478 e. The van der Waals surface area contributed by atoms with Gasteiger partial charge in [0.05, 0.1) is 11.9 Å². The predicted octanol–water partition coefficient (Wildman–Crippen LogP) is 1.84.